The number of H-pyrrole nitrogens is 1. The second-order valence-electron chi connectivity index (χ2n) is 4.30. The van der Waals surface area contributed by atoms with Gasteiger partial charge >= 0.3 is 0 Å². The Hall–Kier alpha value is -2.11. The molecule has 0 amide bonds. The van der Waals surface area contributed by atoms with E-state index in [1.54, 1.807) is 6.20 Å². The molecule has 18 heavy (non-hydrogen) atoms. The van der Waals surface area contributed by atoms with Crippen LogP contribution in [0.1, 0.15) is 12.1 Å². The zero-order chi connectivity index (χ0) is 12.4. The summed E-state index contributed by atoms with van der Waals surface area (Å²) in [6, 6.07) is 3.78. The van der Waals surface area contributed by atoms with Crippen LogP contribution in [0.15, 0.2) is 18.3 Å². The maximum Gasteiger partial charge on any atom is 0.227 e. The SMILES string of the molecule is Cc1cc(Nc2cc[nH]n2)nc(N2C[CH]CC2)n1. The van der Waals surface area contributed by atoms with Gasteiger partial charge in [-0.05, 0) is 19.8 Å². The molecule has 1 radical (unpaired) electrons. The lowest BCUT2D eigenvalue weighted by Gasteiger charge is -2.16. The van der Waals surface area contributed by atoms with Gasteiger partial charge in [-0.3, -0.25) is 5.10 Å². The molecule has 1 fully saturated rings. The largest absolute Gasteiger partial charge is 0.340 e. The molecule has 1 aliphatic rings. The van der Waals surface area contributed by atoms with Crippen LogP contribution in [-0.2, 0) is 0 Å². The Labute approximate surface area is 105 Å². The zero-order valence-electron chi connectivity index (χ0n) is 10.2. The van der Waals surface area contributed by atoms with Crippen LogP contribution in [0.3, 0.4) is 0 Å². The predicted octanol–water partition coefficient (Wildman–Crippen LogP) is 1.67. The fraction of sp³-hybridized carbons (Fsp3) is 0.333. The van der Waals surface area contributed by atoms with Gasteiger partial charge in [0.2, 0.25) is 5.95 Å². The van der Waals surface area contributed by atoms with Crippen molar-refractivity contribution in [2.75, 3.05) is 23.3 Å². The Morgan fingerprint density at radius 1 is 1.33 bits per heavy atom. The Morgan fingerprint density at radius 3 is 3.00 bits per heavy atom. The van der Waals surface area contributed by atoms with E-state index < -0.39 is 0 Å². The van der Waals surface area contributed by atoms with Crippen LogP contribution < -0.4 is 10.2 Å². The van der Waals surface area contributed by atoms with Crippen LogP contribution in [0.25, 0.3) is 0 Å². The second kappa shape index (κ2) is 4.64. The van der Waals surface area contributed by atoms with E-state index in [1.165, 1.54) is 0 Å². The first-order chi connectivity index (χ1) is 8.81. The summed E-state index contributed by atoms with van der Waals surface area (Å²) >= 11 is 0. The van der Waals surface area contributed by atoms with E-state index >= 15 is 0 Å². The summed E-state index contributed by atoms with van der Waals surface area (Å²) in [4.78, 5) is 11.2. The van der Waals surface area contributed by atoms with Gasteiger partial charge in [-0.15, -0.1) is 0 Å². The number of nitrogens with one attached hydrogen (secondary N) is 2. The van der Waals surface area contributed by atoms with Crippen molar-refractivity contribution < 1.29 is 0 Å². The first-order valence-corrected chi connectivity index (χ1v) is 6.00. The highest BCUT2D eigenvalue weighted by Gasteiger charge is 2.16. The number of aryl methyl sites for hydroxylation is 1. The number of aromatic amines is 1. The average Bonchev–Trinajstić information content (AvgIpc) is 3.00. The average molecular weight is 243 g/mol. The van der Waals surface area contributed by atoms with Crippen molar-refractivity contribution in [3.8, 4) is 0 Å². The van der Waals surface area contributed by atoms with Gasteiger partial charge in [-0.2, -0.15) is 10.1 Å². The Balaban J connectivity index is 1.85. The van der Waals surface area contributed by atoms with E-state index in [-0.39, 0.29) is 0 Å². The molecule has 0 saturated carbocycles. The van der Waals surface area contributed by atoms with Crippen LogP contribution in [0, 0.1) is 13.3 Å². The Kier molecular flexibility index (Phi) is 2.84. The molecule has 3 rings (SSSR count). The number of hydrogen-bond donors (Lipinski definition) is 2. The molecule has 0 atom stereocenters. The summed E-state index contributed by atoms with van der Waals surface area (Å²) in [6.07, 6.45) is 5.11. The first-order valence-electron chi connectivity index (χ1n) is 6.00. The topological polar surface area (TPSA) is 69.7 Å². The minimum Gasteiger partial charge on any atom is -0.340 e. The lowest BCUT2D eigenvalue weighted by Crippen LogP contribution is -2.21. The molecule has 93 valence electrons. The minimum absolute atomic E-state index is 0.757. The maximum atomic E-state index is 4.52. The maximum absolute atomic E-state index is 4.52. The second-order valence-corrected chi connectivity index (χ2v) is 4.30. The summed E-state index contributed by atoms with van der Waals surface area (Å²) in [5.74, 6) is 2.31. The number of nitrogens with zero attached hydrogens (tertiary/aromatic N) is 4. The Morgan fingerprint density at radius 2 is 2.28 bits per heavy atom. The lowest BCUT2D eigenvalue weighted by atomic mass is 10.4. The molecule has 0 spiro atoms. The van der Waals surface area contributed by atoms with Gasteiger partial charge < -0.3 is 10.2 Å². The van der Waals surface area contributed by atoms with E-state index in [0.29, 0.717) is 0 Å². The fourth-order valence-electron chi connectivity index (χ4n) is 1.99. The van der Waals surface area contributed by atoms with Gasteiger partial charge in [0.05, 0.1) is 0 Å². The molecule has 6 heteroatoms. The van der Waals surface area contributed by atoms with Crippen molar-refractivity contribution in [3.63, 3.8) is 0 Å². The molecule has 0 bridgehead atoms. The molecule has 0 aliphatic carbocycles. The molecule has 1 saturated heterocycles. The van der Waals surface area contributed by atoms with Gasteiger partial charge in [0.15, 0.2) is 5.82 Å². The van der Waals surface area contributed by atoms with Crippen molar-refractivity contribution in [2.24, 2.45) is 0 Å². The van der Waals surface area contributed by atoms with Crippen LogP contribution in [0.5, 0.6) is 0 Å². The van der Waals surface area contributed by atoms with Crippen molar-refractivity contribution in [1.82, 2.24) is 20.2 Å². The molecule has 3 heterocycles. The summed E-state index contributed by atoms with van der Waals surface area (Å²) in [5, 5.41) is 9.97. The highest BCUT2D eigenvalue weighted by atomic mass is 15.3. The summed E-state index contributed by atoms with van der Waals surface area (Å²) in [5.41, 5.74) is 0.949. The molecule has 6 nitrogen and oxygen atoms in total. The van der Waals surface area contributed by atoms with Gasteiger partial charge in [0.1, 0.15) is 5.82 Å². The van der Waals surface area contributed by atoms with E-state index in [1.807, 2.05) is 19.1 Å². The Bertz CT molecular complexity index is 515. The molecule has 0 aromatic carbocycles. The van der Waals surface area contributed by atoms with Crippen LogP contribution in [0.4, 0.5) is 17.6 Å². The highest BCUT2D eigenvalue weighted by Crippen LogP contribution is 2.19. The number of rotatable bonds is 3. The molecule has 2 aromatic heterocycles. The van der Waals surface area contributed by atoms with Crippen molar-refractivity contribution in [1.29, 1.82) is 0 Å². The van der Waals surface area contributed by atoms with Crippen molar-refractivity contribution in [2.45, 2.75) is 13.3 Å². The standard InChI is InChI=1S/C12H15N6/c1-9-8-11(15-10-4-5-13-17-10)16-12(14-9)18-6-2-3-7-18/h2,4-5,8H,3,6-7H2,1H3,(H2,13,14,15,16,17). The van der Waals surface area contributed by atoms with Crippen molar-refractivity contribution >= 4 is 17.6 Å². The molecule has 2 aromatic rings. The third kappa shape index (κ3) is 2.27. The zero-order valence-corrected chi connectivity index (χ0v) is 10.2. The molecule has 2 N–H and O–H groups in total. The van der Waals surface area contributed by atoms with E-state index in [0.717, 1.165) is 42.8 Å². The van der Waals surface area contributed by atoms with E-state index in [2.05, 4.69) is 36.8 Å². The van der Waals surface area contributed by atoms with Gasteiger partial charge in [-0.1, -0.05) is 0 Å². The quantitative estimate of drug-likeness (QED) is 0.858. The normalized spacial score (nSPS) is 15.1. The van der Waals surface area contributed by atoms with Gasteiger partial charge in [-0.25, -0.2) is 4.98 Å². The van der Waals surface area contributed by atoms with E-state index in [4.69, 9.17) is 0 Å². The van der Waals surface area contributed by atoms with Gasteiger partial charge in [0, 0.05) is 37.1 Å². The first kappa shape index (κ1) is 11.0. The summed E-state index contributed by atoms with van der Waals surface area (Å²) < 4.78 is 0. The molecule has 1 aliphatic heterocycles. The summed E-state index contributed by atoms with van der Waals surface area (Å²) in [6.45, 7) is 3.89. The highest BCUT2D eigenvalue weighted by molar-refractivity contribution is 5.53. The van der Waals surface area contributed by atoms with Crippen LogP contribution >= 0.6 is 0 Å². The smallest absolute Gasteiger partial charge is 0.227 e. The third-order valence-corrected chi connectivity index (χ3v) is 2.83. The monoisotopic (exact) mass is 243 g/mol. The number of anilines is 3. The predicted molar refractivity (Wildman–Crippen MR) is 69.8 cm³/mol. The van der Waals surface area contributed by atoms with Crippen LogP contribution in [0.2, 0.25) is 0 Å². The number of aromatic nitrogens is 4. The minimum atomic E-state index is 0.757. The molecule has 0 unspecified atom stereocenters. The van der Waals surface area contributed by atoms with Crippen molar-refractivity contribution in [3.05, 3.63) is 30.4 Å². The lowest BCUT2D eigenvalue weighted by molar-refractivity contribution is 0.893. The number of hydrogen-bond acceptors (Lipinski definition) is 5. The fourth-order valence-corrected chi connectivity index (χ4v) is 1.99. The van der Waals surface area contributed by atoms with Gasteiger partial charge in [0.25, 0.3) is 0 Å². The summed E-state index contributed by atoms with van der Waals surface area (Å²) in [7, 11) is 0. The van der Waals surface area contributed by atoms with Crippen LogP contribution in [-0.4, -0.2) is 33.3 Å². The molecular weight excluding hydrogens is 228 g/mol. The third-order valence-electron chi connectivity index (χ3n) is 2.83. The molecular formula is C12H15N6. The van der Waals surface area contributed by atoms with E-state index in [9.17, 15) is 0 Å².